The Morgan fingerprint density at radius 3 is 2.33 bits per heavy atom. The summed E-state index contributed by atoms with van der Waals surface area (Å²) in [6.45, 7) is 8.65. The smallest absolute Gasteiger partial charge is 0.141 e. The Bertz CT molecular complexity index is 286. The molecule has 0 aromatic carbocycles. The third-order valence-corrected chi connectivity index (χ3v) is 1.93. The van der Waals surface area contributed by atoms with Crippen molar-refractivity contribution in [3.8, 4) is 0 Å². The Morgan fingerprint density at radius 2 is 1.92 bits per heavy atom. The summed E-state index contributed by atoms with van der Waals surface area (Å²) in [5.74, 6) is 0. The molecule has 12 heavy (non-hydrogen) atoms. The number of hydrogen-bond acceptors (Lipinski definition) is 1. The van der Waals surface area contributed by atoms with Gasteiger partial charge in [-0.3, -0.25) is 4.98 Å². The molecule has 0 spiro atoms. The van der Waals surface area contributed by atoms with Crippen LogP contribution in [0.4, 0.5) is 0 Å². The molecule has 0 fully saturated rings. The van der Waals surface area contributed by atoms with E-state index in [1.807, 2.05) is 6.20 Å². The maximum absolute atomic E-state index is 4.45. The predicted octanol–water partition coefficient (Wildman–Crippen LogP) is 0.946. The lowest BCUT2D eigenvalue weighted by atomic mass is 9.81. The number of aromatic nitrogens is 1. The average molecular weight is 161 g/mol. The minimum atomic E-state index is 0.164. The standard InChI is InChI=1S/C10H16BN/c1-7-5-8(11)9(12-6-7)10(2,3)4/h5-6H,11H2,1-4H3. The van der Waals surface area contributed by atoms with E-state index in [-0.39, 0.29) is 5.41 Å². The highest BCUT2D eigenvalue weighted by molar-refractivity contribution is 6.33. The molecule has 0 bridgehead atoms. The first-order valence-corrected chi connectivity index (χ1v) is 4.35. The van der Waals surface area contributed by atoms with E-state index >= 15 is 0 Å². The van der Waals surface area contributed by atoms with E-state index in [4.69, 9.17) is 0 Å². The van der Waals surface area contributed by atoms with Crippen molar-refractivity contribution in [3.63, 3.8) is 0 Å². The van der Waals surface area contributed by atoms with E-state index in [0.29, 0.717) is 0 Å². The SMILES string of the molecule is Bc1cc(C)cnc1C(C)(C)C. The Kier molecular flexibility index (Phi) is 2.27. The van der Waals surface area contributed by atoms with Gasteiger partial charge in [-0.2, -0.15) is 0 Å². The molecular weight excluding hydrogens is 145 g/mol. The van der Waals surface area contributed by atoms with E-state index in [1.165, 1.54) is 16.7 Å². The van der Waals surface area contributed by atoms with E-state index in [9.17, 15) is 0 Å². The first kappa shape index (κ1) is 9.30. The first-order valence-electron chi connectivity index (χ1n) is 4.35. The quantitative estimate of drug-likeness (QED) is 0.516. The molecular formula is C10H16BN. The maximum atomic E-state index is 4.45. The van der Waals surface area contributed by atoms with Gasteiger partial charge in [0.15, 0.2) is 0 Å². The molecule has 0 atom stereocenters. The third-order valence-electron chi connectivity index (χ3n) is 1.93. The van der Waals surface area contributed by atoms with Gasteiger partial charge in [-0.1, -0.05) is 32.3 Å². The minimum absolute atomic E-state index is 0.164. The molecule has 0 saturated heterocycles. The lowest BCUT2D eigenvalue weighted by Gasteiger charge is -2.20. The second-order valence-corrected chi connectivity index (χ2v) is 4.43. The van der Waals surface area contributed by atoms with Crippen LogP contribution in [0.2, 0.25) is 0 Å². The van der Waals surface area contributed by atoms with E-state index in [2.05, 4.69) is 46.6 Å². The van der Waals surface area contributed by atoms with Crippen molar-refractivity contribution in [2.45, 2.75) is 33.1 Å². The molecule has 0 saturated carbocycles. The summed E-state index contributed by atoms with van der Waals surface area (Å²) in [5, 5.41) is 0. The molecule has 0 aliphatic heterocycles. The number of hydrogen-bond donors (Lipinski definition) is 0. The molecule has 1 aromatic rings. The fourth-order valence-corrected chi connectivity index (χ4v) is 1.50. The lowest BCUT2D eigenvalue weighted by molar-refractivity contribution is 0.573. The molecule has 1 heterocycles. The molecule has 0 aliphatic carbocycles. The highest BCUT2D eigenvalue weighted by Crippen LogP contribution is 2.17. The Balaban J connectivity index is 3.19. The van der Waals surface area contributed by atoms with Gasteiger partial charge in [-0.25, -0.2) is 0 Å². The highest BCUT2D eigenvalue weighted by Gasteiger charge is 2.16. The number of aryl methyl sites for hydroxylation is 1. The molecule has 64 valence electrons. The van der Waals surface area contributed by atoms with Crippen LogP contribution >= 0.6 is 0 Å². The monoisotopic (exact) mass is 161 g/mol. The van der Waals surface area contributed by atoms with Crippen LogP contribution in [0.25, 0.3) is 0 Å². The highest BCUT2D eigenvalue weighted by atomic mass is 14.7. The van der Waals surface area contributed by atoms with Crippen molar-refractivity contribution in [3.05, 3.63) is 23.5 Å². The lowest BCUT2D eigenvalue weighted by Crippen LogP contribution is -2.25. The maximum Gasteiger partial charge on any atom is 0.141 e. The van der Waals surface area contributed by atoms with Crippen LogP contribution in [-0.2, 0) is 5.41 Å². The summed E-state index contributed by atoms with van der Waals surface area (Å²) in [6, 6.07) is 2.19. The Morgan fingerprint density at radius 1 is 1.33 bits per heavy atom. The average Bonchev–Trinajstić information content (AvgIpc) is 1.83. The van der Waals surface area contributed by atoms with Crippen LogP contribution in [0.5, 0.6) is 0 Å². The van der Waals surface area contributed by atoms with Gasteiger partial charge in [0.1, 0.15) is 7.85 Å². The normalized spacial score (nSPS) is 11.7. The van der Waals surface area contributed by atoms with Crippen molar-refractivity contribution < 1.29 is 0 Å². The molecule has 0 radical (unpaired) electrons. The number of pyridine rings is 1. The minimum Gasteiger partial charge on any atom is -0.261 e. The topological polar surface area (TPSA) is 12.9 Å². The molecule has 0 unspecified atom stereocenters. The Labute approximate surface area is 75.6 Å². The second-order valence-electron chi connectivity index (χ2n) is 4.43. The van der Waals surface area contributed by atoms with Crippen LogP contribution in [0, 0.1) is 6.92 Å². The summed E-state index contributed by atoms with van der Waals surface area (Å²) < 4.78 is 0. The van der Waals surface area contributed by atoms with Gasteiger partial charge in [0.25, 0.3) is 0 Å². The Hall–Kier alpha value is -0.785. The van der Waals surface area contributed by atoms with E-state index in [0.717, 1.165) is 0 Å². The van der Waals surface area contributed by atoms with E-state index < -0.39 is 0 Å². The summed E-state index contributed by atoms with van der Waals surface area (Å²) in [4.78, 5) is 4.45. The van der Waals surface area contributed by atoms with Crippen LogP contribution in [0.1, 0.15) is 32.0 Å². The molecule has 1 nitrogen and oxygen atoms in total. The predicted molar refractivity (Wildman–Crippen MR) is 55.9 cm³/mol. The van der Waals surface area contributed by atoms with Crippen molar-refractivity contribution in [2.75, 3.05) is 0 Å². The van der Waals surface area contributed by atoms with Gasteiger partial charge in [0.2, 0.25) is 0 Å². The van der Waals surface area contributed by atoms with Crippen LogP contribution in [0.15, 0.2) is 12.3 Å². The third kappa shape index (κ3) is 1.87. The molecule has 1 aromatic heterocycles. The van der Waals surface area contributed by atoms with Crippen molar-refractivity contribution in [1.29, 1.82) is 0 Å². The van der Waals surface area contributed by atoms with Crippen LogP contribution < -0.4 is 5.46 Å². The summed E-state index contributed by atoms with van der Waals surface area (Å²) in [7, 11) is 2.13. The fourth-order valence-electron chi connectivity index (χ4n) is 1.50. The summed E-state index contributed by atoms with van der Waals surface area (Å²) in [6.07, 6.45) is 1.94. The van der Waals surface area contributed by atoms with Crippen molar-refractivity contribution in [2.24, 2.45) is 0 Å². The zero-order chi connectivity index (χ0) is 9.35. The molecule has 1 rings (SSSR count). The molecule has 2 heteroatoms. The summed E-state index contributed by atoms with van der Waals surface area (Å²) >= 11 is 0. The van der Waals surface area contributed by atoms with Crippen molar-refractivity contribution in [1.82, 2.24) is 4.98 Å². The van der Waals surface area contributed by atoms with Gasteiger partial charge in [0, 0.05) is 17.3 Å². The zero-order valence-corrected chi connectivity index (χ0v) is 8.60. The van der Waals surface area contributed by atoms with Crippen LogP contribution in [0.3, 0.4) is 0 Å². The van der Waals surface area contributed by atoms with Gasteiger partial charge >= 0.3 is 0 Å². The number of nitrogens with zero attached hydrogens (tertiary/aromatic N) is 1. The molecule has 0 amide bonds. The zero-order valence-electron chi connectivity index (χ0n) is 8.60. The van der Waals surface area contributed by atoms with Crippen molar-refractivity contribution >= 4 is 13.3 Å². The number of rotatable bonds is 0. The first-order chi connectivity index (χ1) is 5.41. The van der Waals surface area contributed by atoms with Gasteiger partial charge in [-0.05, 0) is 12.5 Å². The molecule has 0 N–H and O–H groups in total. The second kappa shape index (κ2) is 2.93. The summed E-state index contributed by atoms with van der Waals surface area (Å²) in [5.41, 5.74) is 3.90. The molecule has 0 aliphatic rings. The van der Waals surface area contributed by atoms with E-state index in [1.54, 1.807) is 0 Å². The van der Waals surface area contributed by atoms with Gasteiger partial charge in [-0.15, -0.1) is 0 Å². The van der Waals surface area contributed by atoms with Gasteiger partial charge < -0.3 is 0 Å². The van der Waals surface area contributed by atoms with Gasteiger partial charge in [0.05, 0.1) is 0 Å². The van der Waals surface area contributed by atoms with Crippen LogP contribution in [-0.4, -0.2) is 12.8 Å². The largest absolute Gasteiger partial charge is 0.261 e. The fraction of sp³-hybridized carbons (Fsp3) is 0.500.